The van der Waals surface area contributed by atoms with Gasteiger partial charge >= 0.3 is 0 Å². The zero-order valence-corrected chi connectivity index (χ0v) is 11.7. The summed E-state index contributed by atoms with van der Waals surface area (Å²) in [5.74, 6) is 0. The van der Waals surface area contributed by atoms with E-state index in [0.29, 0.717) is 0 Å². The summed E-state index contributed by atoms with van der Waals surface area (Å²) < 4.78 is 5.87. The van der Waals surface area contributed by atoms with Crippen molar-refractivity contribution < 1.29 is 14.9 Å². The van der Waals surface area contributed by atoms with E-state index in [0.717, 1.165) is 30.9 Å². The number of aliphatic hydroxyl groups is 2. The maximum absolute atomic E-state index is 10.1. The molecule has 104 valence electrons. The molecular formula is C12H22N2O3S. The molecule has 0 aliphatic carbocycles. The minimum atomic E-state index is -0.830. The molecule has 0 amide bonds. The molecule has 2 aliphatic heterocycles. The van der Waals surface area contributed by atoms with Crippen molar-refractivity contribution in [2.24, 2.45) is 4.99 Å². The molecule has 0 bridgehead atoms. The van der Waals surface area contributed by atoms with Crippen molar-refractivity contribution in [1.82, 2.24) is 5.32 Å². The van der Waals surface area contributed by atoms with E-state index in [2.05, 4.69) is 17.2 Å². The molecule has 1 fully saturated rings. The lowest BCUT2D eigenvalue weighted by Crippen LogP contribution is -2.54. The number of thioether (sulfide) groups is 1. The van der Waals surface area contributed by atoms with Crippen molar-refractivity contribution >= 4 is 16.9 Å². The first-order chi connectivity index (χ1) is 8.67. The number of aliphatic imine (C=N–C) groups is 1. The smallest absolute Gasteiger partial charge is 0.159 e. The molecule has 18 heavy (non-hydrogen) atoms. The van der Waals surface area contributed by atoms with Gasteiger partial charge in [-0.05, 0) is 6.42 Å². The summed E-state index contributed by atoms with van der Waals surface area (Å²) in [7, 11) is 1.80. The number of rotatable bonds is 4. The highest BCUT2D eigenvalue weighted by Crippen LogP contribution is 2.36. The maximum Gasteiger partial charge on any atom is 0.159 e. The van der Waals surface area contributed by atoms with Crippen LogP contribution in [0.5, 0.6) is 0 Å². The van der Waals surface area contributed by atoms with Crippen LogP contribution in [0.4, 0.5) is 0 Å². The van der Waals surface area contributed by atoms with E-state index < -0.39 is 12.2 Å². The Morgan fingerprint density at radius 1 is 1.33 bits per heavy atom. The summed E-state index contributed by atoms with van der Waals surface area (Å²) in [5.41, 5.74) is -0.169. The van der Waals surface area contributed by atoms with Crippen LogP contribution in [-0.4, -0.2) is 52.2 Å². The van der Waals surface area contributed by atoms with E-state index in [1.54, 1.807) is 7.05 Å². The highest BCUT2D eigenvalue weighted by molar-refractivity contribution is 8.14. The second kappa shape index (κ2) is 6.23. The summed E-state index contributed by atoms with van der Waals surface area (Å²) >= 11 is 1.49. The van der Waals surface area contributed by atoms with Crippen LogP contribution in [-0.2, 0) is 4.74 Å². The van der Waals surface area contributed by atoms with Crippen molar-refractivity contribution in [1.29, 1.82) is 0 Å². The van der Waals surface area contributed by atoms with Gasteiger partial charge in [0.05, 0.1) is 6.10 Å². The molecule has 0 aromatic rings. The molecule has 5 nitrogen and oxygen atoms in total. The van der Waals surface area contributed by atoms with Crippen LogP contribution < -0.4 is 5.32 Å². The second-order valence-corrected chi connectivity index (χ2v) is 5.90. The van der Waals surface area contributed by atoms with Crippen molar-refractivity contribution in [2.45, 2.75) is 62.4 Å². The quantitative estimate of drug-likeness (QED) is 0.658. The molecule has 3 N–H and O–H groups in total. The molecule has 6 heteroatoms. The fourth-order valence-electron chi connectivity index (χ4n) is 2.38. The largest absolute Gasteiger partial charge is 0.388 e. The fraction of sp³-hybridized carbons (Fsp3) is 0.917. The number of amidine groups is 1. The van der Waals surface area contributed by atoms with E-state index in [1.807, 2.05) is 0 Å². The lowest BCUT2D eigenvalue weighted by molar-refractivity contribution is -0.154. The van der Waals surface area contributed by atoms with E-state index >= 15 is 0 Å². The maximum atomic E-state index is 10.1. The third-order valence-corrected chi connectivity index (χ3v) is 4.62. The van der Waals surface area contributed by atoms with Gasteiger partial charge in [0.25, 0.3) is 0 Å². The molecule has 2 heterocycles. The number of hydrogen-bond acceptors (Lipinski definition) is 6. The van der Waals surface area contributed by atoms with E-state index in [-0.39, 0.29) is 17.6 Å². The number of fused-ring (bicyclic) bond motifs is 1. The molecule has 0 aromatic heterocycles. The molecule has 0 aromatic carbocycles. The minimum absolute atomic E-state index is 0.169. The van der Waals surface area contributed by atoms with Gasteiger partial charge < -0.3 is 20.3 Å². The molecule has 0 spiro atoms. The van der Waals surface area contributed by atoms with Crippen LogP contribution in [0.2, 0.25) is 0 Å². The molecule has 0 unspecified atom stereocenters. The lowest BCUT2D eigenvalue weighted by Gasteiger charge is -2.38. The molecule has 1 saturated heterocycles. The first kappa shape index (κ1) is 14.1. The van der Waals surface area contributed by atoms with E-state index in [9.17, 15) is 10.2 Å². The van der Waals surface area contributed by atoms with E-state index in [1.165, 1.54) is 11.8 Å². The summed E-state index contributed by atoms with van der Waals surface area (Å²) in [4.78, 5) is 4.32. The van der Waals surface area contributed by atoms with Crippen molar-refractivity contribution in [3.8, 4) is 0 Å². The van der Waals surface area contributed by atoms with Crippen LogP contribution in [0, 0.1) is 0 Å². The molecule has 2 rings (SSSR count). The number of nitrogens with zero attached hydrogens (tertiary/aromatic N) is 1. The Hall–Kier alpha value is -0.300. The molecule has 0 radical (unpaired) electrons. The lowest BCUT2D eigenvalue weighted by atomic mass is 9.95. The molecular weight excluding hydrogens is 252 g/mol. The van der Waals surface area contributed by atoms with Gasteiger partial charge in [-0.25, -0.2) is 0 Å². The predicted octanol–water partition coefficient (Wildman–Crippen LogP) is 0.704. The normalized spacial score (nSPS) is 39.3. The Morgan fingerprint density at radius 3 is 2.78 bits per heavy atom. The molecule has 5 atom stereocenters. The monoisotopic (exact) mass is 274 g/mol. The summed E-state index contributed by atoms with van der Waals surface area (Å²) in [5, 5.41) is 23.9. The van der Waals surface area contributed by atoms with Gasteiger partial charge in [0, 0.05) is 7.05 Å². The Labute approximate surface area is 112 Å². The zero-order chi connectivity index (χ0) is 13.1. The first-order valence-electron chi connectivity index (χ1n) is 6.61. The van der Waals surface area contributed by atoms with Crippen LogP contribution in [0.25, 0.3) is 0 Å². The van der Waals surface area contributed by atoms with Gasteiger partial charge in [0.15, 0.2) is 5.17 Å². The Kier molecular flexibility index (Phi) is 4.89. The highest BCUT2D eigenvalue weighted by Gasteiger charge is 2.47. The summed E-state index contributed by atoms with van der Waals surface area (Å²) in [6.45, 7) is 2.14. The molecule has 2 aliphatic rings. The van der Waals surface area contributed by atoms with E-state index in [4.69, 9.17) is 4.74 Å². The zero-order valence-electron chi connectivity index (χ0n) is 10.9. The van der Waals surface area contributed by atoms with Crippen LogP contribution in [0.1, 0.15) is 32.6 Å². The third kappa shape index (κ3) is 2.82. The molecule has 0 saturated carbocycles. The number of aliphatic hydroxyl groups excluding tert-OH is 2. The van der Waals surface area contributed by atoms with Crippen LogP contribution >= 0.6 is 11.8 Å². The van der Waals surface area contributed by atoms with Crippen molar-refractivity contribution in [3.05, 3.63) is 0 Å². The van der Waals surface area contributed by atoms with Gasteiger partial charge in [-0.3, -0.25) is 4.99 Å². The number of hydrogen-bond donors (Lipinski definition) is 3. The SMILES string of the molecule is CCCCC[C@H]1O[C@@H]2SC(NC)=N[C@@H]2[C@@H](O)[C@@H]1O. The van der Waals surface area contributed by atoms with Gasteiger partial charge in [-0.1, -0.05) is 37.9 Å². The summed E-state index contributed by atoms with van der Waals surface area (Å²) in [6, 6.07) is -0.352. The average Bonchev–Trinajstić information content (AvgIpc) is 2.79. The highest BCUT2D eigenvalue weighted by atomic mass is 32.2. The first-order valence-corrected chi connectivity index (χ1v) is 7.49. The fourth-order valence-corrected chi connectivity index (χ4v) is 3.46. The van der Waals surface area contributed by atoms with Crippen molar-refractivity contribution in [3.63, 3.8) is 0 Å². The van der Waals surface area contributed by atoms with Gasteiger partial charge in [0.1, 0.15) is 23.7 Å². The third-order valence-electron chi connectivity index (χ3n) is 3.47. The number of unbranched alkanes of at least 4 members (excludes halogenated alkanes) is 2. The van der Waals surface area contributed by atoms with Crippen molar-refractivity contribution in [2.75, 3.05) is 7.05 Å². The minimum Gasteiger partial charge on any atom is -0.388 e. The van der Waals surface area contributed by atoms with Gasteiger partial charge in [-0.2, -0.15) is 0 Å². The topological polar surface area (TPSA) is 74.1 Å². The standard InChI is InChI=1S/C12H22N2O3S/c1-3-4-5-6-7-9(15)10(16)8-11(17-7)18-12(13-2)14-8/h7-11,15-16H,3-6H2,1-2H3,(H,13,14)/t7-,8-,9-,10-,11-/m1/s1. The van der Waals surface area contributed by atoms with Crippen LogP contribution in [0.15, 0.2) is 4.99 Å². The van der Waals surface area contributed by atoms with Crippen LogP contribution in [0.3, 0.4) is 0 Å². The number of ether oxygens (including phenoxy) is 1. The predicted molar refractivity (Wildman–Crippen MR) is 72.7 cm³/mol. The Morgan fingerprint density at radius 2 is 2.11 bits per heavy atom. The summed E-state index contributed by atoms with van der Waals surface area (Å²) in [6.07, 6.45) is 2.16. The Bertz CT molecular complexity index is 314. The second-order valence-electron chi connectivity index (χ2n) is 4.81. The van der Waals surface area contributed by atoms with Gasteiger partial charge in [-0.15, -0.1) is 0 Å². The van der Waals surface area contributed by atoms with Gasteiger partial charge in [0.2, 0.25) is 0 Å². The average molecular weight is 274 g/mol. The number of nitrogens with one attached hydrogen (secondary N) is 1. The Balaban J connectivity index is 1.95.